The average Bonchev–Trinajstić information content (AvgIpc) is 2.80. The third-order valence-corrected chi connectivity index (χ3v) is 5.45. The summed E-state index contributed by atoms with van der Waals surface area (Å²) in [6.07, 6.45) is 0.811. The molecule has 2 aromatic rings. The zero-order valence-electron chi connectivity index (χ0n) is 19.2. The van der Waals surface area contributed by atoms with Gasteiger partial charge in [-0.2, -0.15) is 0 Å². The Morgan fingerprint density at radius 3 is 2.26 bits per heavy atom. The van der Waals surface area contributed by atoms with E-state index in [4.69, 9.17) is 17.0 Å². The molecule has 0 aliphatic heterocycles. The maximum atomic E-state index is 13.3. The van der Waals surface area contributed by atoms with Crippen LogP contribution in [0.15, 0.2) is 54.6 Å². The lowest BCUT2D eigenvalue weighted by atomic mass is 9.91. The van der Waals surface area contributed by atoms with Crippen LogP contribution >= 0.6 is 11.6 Å². The van der Waals surface area contributed by atoms with Gasteiger partial charge in [0.1, 0.15) is 11.6 Å². The molecule has 0 fully saturated rings. The molecule has 0 radical (unpaired) electrons. The smallest absolute Gasteiger partial charge is 0.246 e. The minimum Gasteiger partial charge on any atom is -0.350 e. The molecule has 0 unspecified atom stereocenters. The van der Waals surface area contributed by atoms with Crippen molar-refractivity contribution in [1.29, 1.82) is 5.41 Å². The standard InChI is InChI=1S/C25H29ClN4O4/c1-17(31)30-25(2,14-18-6-4-3-5-7-18)24(34)29-22(13-12-21(32)15-27)23(33)28-16-19-8-10-20(26)11-9-19/h3-11,15,22,27H,12-14,16H2,1-2H3,(H,28,33)(H,29,34)(H,30,31)/t22-,25+/m0/s1. The van der Waals surface area contributed by atoms with Crippen molar-refractivity contribution in [1.82, 2.24) is 16.0 Å². The summed E-state index contributed by atoms with van der Waals surface area (Å²) in [5, 5.41) is 15.8. The molecule has 0 saturated carbocycles. The summed E-state index contributed by atoms with van der Waals surface area (Å²) >= 11 is 5.89. The maximum absolute atomic E-state index is 13.3. The van der Waals surface area contributed by atoms with E-state index >= 15 is 0 Å². The van der Waals surface area contributed by atoms with Crippen LogP contribution < -0.4 is 16.0 Å². The summed E-state index contributed by atoms with van der Waals surface area (Å²) in [6, 6.07) is 15.1. The minimum absolute atomic E-state index is 0.00783. The van der Waals surface area contributed by atoms with Crippen LogP contribution in [0, 0.1) is 5.41 Å². The fourth-order valence-electron chi connectivity index (χ4n) is 3.43. The predicted octanol–water partition coefficient (Wildman–Crippen LogP) is 2.58. The van der Waals surface area contributed by atoms with Gasteiger partial charge < -0.3 is 21.4 Å². The molecule has 180 valence electrons. The second-order valence-electron chi connectivity index (χ2n) is 8.20. The summed E-state index contributed by atoms with van der Waals surface area (Å²) in [5.41, 5.74) is 0.315. The number of carbonyl (C=O) groups is 4. The molecule has 4 N–H and O–H groups in total. The monoisotopic (exact) mass is 484 g/mol. The highest BCUT2D eigenvalue weighted by Gasteiger charge is 2.36. The molecule has 3 amide bonds. The molecule has 0 heterocycles. The normalized spacial score (nSPS) is 13.1. The van der Waals surface area contributed by atoms with Crippen LogP contribution in [0.3, 0.4) is 0 Å². The number of amides is 3. The van der Waals surface area contributed by atoms with E-state index in [1.807, 2.05) is 30.3 Å². The van der Waals surface area contributed by atoms with E-state index in [1.165, 1.54) is 6.92 Å². The Kier molecular flexibility index (Phi) is 9.94. The van der Waals surface area contributed by atoms with Gasteiger partial charge in [-0.25, -0.2) is 0 Å². The summed E-state index contributed by atoms with van der Waals surface area (Å²) in [5.74, 6) is -1.89. The molecule has 0 saturated heterocycles. The zero-order valence-corrected chi connectivity index (χ0v) is 19.9. The van der Waals surface area contributed by atoms with Gasteiger partial charge in [-0.3, -0.25) is 19.2 Å². The first-order valence-corrected chi connectivity index (χ1v) is 11.2. The van der Waals surface area contributed by atoms with Gasteiger partial charge >= 0.3 is 0 Å². The molecule has 0 aromatic heterocycles. The summed E-state index contributed by atoms with van der Waals surface area (Å²) < 4.78 is 0. The second-order valence-corrected chi connectivity index (χ2v) is 8.63. The number of Topliss-reactive ketones (excluding diaryl/α,β-unsaturated/α-hetero) is 1. The summed E-state index contributed by atoms with van der Waals surface area (Å²) in [7, 11) is 0. The largest absolute Gasteiger partial charge is 0.350 e. The second kappa shape index (κ2) is 12.6. The minimum atomic E-state index is -1.33. The van der Waals surface area contributed by atoms with E-state index in [0.717, 1.165) is 11.1 Å². The van der Waals surface area contributed by atoms with Crippen molar-refractivity contribution in [2.75, 3.05) is 0 Å². The Balaban J connectivity index is 2.18. The quantitative estimate of drug-likeness (QED) is 0.345. The number of nitrogens with one attached hydrogen (secondary N) is 4. The van der Waals surface area contributed by atoms with E-state index in [0.29, 0.717) is 11.2 Å². The number of ketones is 1. The molecule has 9 heteroatoms. The zero-order chi connectivity index (χ0) is 25.1. The van der Waals surface area contributed by atoms with E-state index in [1.54, 1.807) is 31.2 Å². The molecule has 0 aliphatic carbocycles. The third kappa shape index (κ3) is 8.44. The summed E-state index contributed by atoms with van der Waals surface area (Å²) in [4.78, 5) is 49.7. The molecule has 0 aliphatic rings. The van der Waals surface area contributed by atoms with Crippen LogP contribution in [0.4, 0.5) is 0 Å². The molecule has 0 spiro atoms. The first-order chi connectivity index (χ1) is 16.1. The number of rotatable bonds is 12. The Labute approximate surface area is 204 Å². The SMILES string of the molecule is CC(=O)N[C@](C)(Cc1ccccc1)C(=O)N[C@@H](CCC(=O)C=N)C(=O)NCc1ccc(Cl)cc1. The van der Waals surface area contributed by atoms with E-state index in [9.17, 15) is 19.2 Å². The molecule has 0 bridgehead atoms. The first kappa shape index (κ1) is 26.7. The van der Waals surface area contributed by atoms with Crippen LogP contribution in [-0.2, 0) is 32.1 Å². The third-order valence-electron chi connectivity index (χ3n) is 5.20. The Bertz CT molecular complexity index is 1030. The van der Waals surface area contributed by atoms with Crippen LogP contribution in [-0.4, -0.2) is 41.3 Å². The fourth-order valence-corrected chi connectivity index (χ4v) is 3.56. The van der Waals surface area contributed by atoms with Gasteiger partial charge in [0, 0.05) is 31.3 Å². The number of hydrogen-bond acceptors (Lipinski definition) is 5. The lowest BCUT2D eigenvalue weighted by Gasteiger charge is -2.31. The Morgan fingerprint density at radius 2 is 1.68 bits per heavy atom. The fraction of sp³-hybridized carbons (Fsp3) is 0.320. The number of hydrogen-bond donors (Lipinski definition) is 4. The lowest BCUT2D eigenvalue weighted by Crippen LogP contribution is -2.61. The van der Waals surface area contributed by atoms with Gasteiger partial charge in [0.15, 0.2) is 5.78 Å². The summed E-state index contributed by atoms with van der Waals surface area (Å²) in [6.45, 7) is 3.10. The molecule has 2 atom stereocenters. The average molecular weight is 485 g/mol. The van der Waals surface area contributed by atoms with Gasteiger partial charge in [0.05, 0.1) is 6.21 Å². The molecular weight excluding hydrogens is 456 g/mol. The van der Waals surface area contributed by atoms with Crippen LogP contribution in [0.2, 0.25) is 5.02 Å². The van der Waals surface area contributed by atoms with Crippen molar-refractivity contribution in [3.05, 3.63) is 70.7 Å². The molecule has 2 rings (SSSR count). The van der Waals surface area contributed by atoms with Gasteiger partial charge in [0.2, 0.25) is 17.7 Å². The van der Waals surface area contributed by atoms with E-state index in [2.05, 4.69) is 16.0 Å². The van der Waals surface area contributed by atoms with E-state index < -0.39 is 35.1 Å². The van der Waals surface area contributed by atoms with Gasteiger partial charge in [0.25, 0.3) is 0 Å². The van der Waals surface area contributed by atoms with Gasteiger partial charge in [-0.05, 0) is 36.6 Å². The Hall–Kier alpha value is -3.52. The van der Waals surface area contributed by atoms with Crippen molar-refractivity contribution in [2.24, 2.45) is 0 Å². The molecule has 8 nitrogen and oxygen atoms in total. The highest BCUT2D eigenvalue weighted by atomic mass is 35.5. The highest BCUT2D eigenvalue weighted by Crippen LogP contribution is 2.15. The number of benzene rings is 2. The lowest BCUT2D eigenvalue weighted by molar-refractivity contribution is -0.135. The van der Waals surface area contributed by atoms with Crippen molar-refractivity contribution >= 4 is 41.3 Å². The highest BCUT2D eigenvalue weighted by molar-refractivity contribution is 6.30. The maximum Gasteiger partial charge on any atom is 0.246 e. The Morgan fingerprint density at radius 1 is 1.03 bits per heavy atom. The van der Waals surface area contributed by atoms with Crippen LogP contribution in [0.1, 0.15) is 37.8 Å². The van der Waals surface area contributed by atoms with Crippen molar-refractivity contribution in [3.8, 4) is 0 Å². The van der Waals surface area contributed by atoms with Crippen molar-refractivity contribution < 1.29 is 19.2 Å². The van der Waals surface area contributed by atoms with E-state index in [-0.39, 0.29) is 25.8 Å². The topological polar surface area (TPSA) is 128 Å². The van der Waals surface area contributed by atoms with Crippen molar-refractivity contribution in [3.63, 3.8) is 0 Å². The van der Waals surface area contributed by atoms with Crippen LogP contribution in [0.5, 0.6) is 0 Å². The first-order valence-electron chi connectivity index (χ1n) is 10.8. The number of carbonyl (C=O) groups excluding carboxylic acids is 4. The van der Waals surface area contributed by atoms with Crippen molar-refractivity contribution in [2.45, 2.75) is 51.2 Å². The number of halogens is 1. The predicted molar refractivity (Wildman–Crippen MR) is 131 cm³/mol. The van der Waals surface area contributed by atoms with Gasteiger partial charge in [-0.1, -0.05) is 54.1 Å². The van der Waals surface area contributed by atoms with Crippen LogP contribution in [0.25, 0.3) is 0 Å². The van der Waals surface area contributed by atoms with Gasteiger partial charge in [-0.15, -0.1) is 0 Å². The molecule has 2 aromatic carbocycles. The molecule has 34 heavy (non-hydrogen) atoms. The molecular formula is C25H29ClN4O4.